The maximum Gasteiger partial charge on any atom is 0.115 e. The molecule has 0 saturated carbocycles. The van der Waals surface area contributed by atoms with E-state index in [1.807, 2.05) is 36.6 Å². The number of benzene rings is 1. The van der Waals surface area contributed by atoms with Gasteiger partial charge in [-0.1, -0.05) is 27.5 Å². The zero-order chi connectivity index (χ0) is 14.1. The highest BCUT2D eigenvalue weighted by Crippen LogP contribution is 2.35. The van der Waals surface area contributed by atoms with Crippen molar-refractivity contribution in [3.05, 3.63) is 48.8 Å². The van der Waals surface area contributed by atoms with E-state index < -0.39 is 0 Å². The zero-order valence-corrected chi connectivity index (χ0v) is 14.4. The molecule has 5 heteroatoms. The summed E-state index contributed by atoms with van der Waals surface area (Å²) in [5.41, 5.74) is 2.45. The molecule has 0 radical (unpaired) electrons. The van der Waals surface area contributed by atoms with Gasteiger partial charge in [0.25, 0.3) is 0 Å². The molecule has 20 heavy (non-hydrogen) atoms. The van der Waals surface area contributed by atoms with Crippen molar-refractivity contribution >= 4 is 38.9 Å². The first-order chi connectivity index (χ1) is 9.69. The second-order valence-electron chi connectivity index (χ2n) is 5.02. The molecule has 0 spiro atoms. The van der Waals surface area contributed by atoms with E-state index in [-0.39, 0.29) is 6.04 Å². The van der Waals surface area contributed by atoms with E-state index in [1.165, 1.54) is 29.8 Å². The number of nitrogens with zero attached hydrogens (tertiary/aromatic N) is 1. The summed E-state index contributed by atoms with van der Waals surface area (Å²) in [5, 5.41) is 5.27. The smallest absolute Gasteiger partial charge is 0.115 e. The Morgan fingerprint density at radius 2 is 2.15 bits per heavy atom. The van der Waals surface area contributed by atoms with Gasteiger partial charge in [0.05, 0.1) is 11.7 Å². The Labute approximate surface area is 136 Å². The summed E-state index contributed by atoms with van der Waals surface area (Å²) in [5.74, 6) is 0. The van der Waals surface area contributed by atoms with Gasteiger partial charge in [-0.05, 0) is 56.5 Å². The van der Waals surface area contributed by atoms with Crippen LogP contribution in [0, 0.1) is 0 Å². The molecule has 0 amide bonds. The van der Waals surface area contributed by atoms with Crippen LogP contribution in [0.3, 0.4) is 0 Å². The lowest BCUT2D eigenvalue weighted by Crippen LogP contribution is -2.18. The molecule has 0 fully saturated rings. The van der Waals surface area contributed by atoms with Gasteiger partial charge in [-0.15, -0.1) is 11.3 Å². The van der Waals surface area contributed by atoms with Gasteiger partial charge in [0, 0.05) is 14.4 Å². The van der Waals surface area contributed by atoms with E-state index in [4.69, 9.17) is 16.6 Å². The molecule has 2 aromatic rings. The number of aryl methyl sites for hydroxylation is 2. The summed E-state index contributed by atoms with van der Waals surface area (Å²) in [4.78, 5) is 6.32. The van der Waals surface area contributed by atoms with Gasteiger partial charge in [0.2, 0.25) is 0 Å². The fourth-order valence-electron chi connectivity index (χ4n) is 2.64. The minimum absolute atomic E-state index is 0.0960. The minimum Gasteiger partial charge on any atom is -0.307 e. The van der Waals surface area contributed by atoms with Gasteiger partial charge in [-0.3, -0.25) is 0 Å². The summed E-state index contributed by atoms with van der Waals surface area (Å²) >= 11 is 11.6. The highest BCUT2D eigenvalue weighted by atomic mass is 79.9. The lowest BCUT2D eigenvalue weighted by Gasteiger charge is -2.16. The molecule has 1 aliphatic rings. The van der Waals surface area contributed by atoms with Gasteiger partial charge in [0.1, 0.15) is 5.01 Å². The summed E-state index contributed by atoms with van der Waals surface area (Å²) in [6.07, 6.45) is 4.86. The lowest BCUT2D eigenvalue weighted by atomic mass is 10.0. The van der Waals surface area contributed by atoms with Crippen LogP contribution in [0.2, 0.25) is 5.02 Å². The van der Waals surface area contributed by atoms with Gasteiger partial charge in [-0.25, -0.2) is 4.98 Å². The molecule has 2 nitrogen and oxygen atoms in total. The highest BCUT2D eigenvalue weighted by Gasteiger charge is 2.22. The van der Waals surface area contributed by atoms with E-state index >= 15 is 0 Å². The average molecular weight is 372 g/mol. The molecule has 1 aromatic carbocycles. The molecule has 0 bridgehead atoms. The Kier molecular flexibility index (Phi) is 4.46. The van der Waals surface area contributed by atoms with Crippen LogP contribution in [0.15, 0.2) is 22.7 Å². The summed E-state index contributed by atoms with van der Waals surface area (Å²) in [6.45, 7) is 0. The molecule has 1 N–H and O–H groups in total. The normalized spacial score (nSPS) is 15.9. The number of hydrogen-bond donors (Lipinski definition) is 1. The first-order valence-electron chi connectivity index (χ1n) is 6.79. The fourth-order valence-corrected chi connectivity index (χ4v) is 4.58. The van der Waals surface area contributed by atoms with Crippen LogP contribution in [-0.2, 0) is 12.8 Å². The number of halogens is 2. The van der Waals surface area contributed by atoms with Crippen molar-refractivity contribution in [2.24, 2.45) is 0 Å². The number of thiazole rings is 1. The third-order valence-electron chi connectivity index (χ3n) is 3.67. The van der Waals surface area contributed by atoms with Crippen molar-refractivity contribution in [3.8, 4) is 0 Å². The van der Waals surface area contributed by atoms with Gasteiger partial charge in [0.15, 0.2) is 0 Å². The second kappa shape index (κ2) is 6.14. The molecule has 106 valence electrons. The van der Waals surface area contributed by atoms with Crippen LogP contribution >= 0.6 is 38.9 Å². The zero-order valence-electron chi connectivity index (χ0n) is 11.2. The molecular weight excluding hydrogens is 356 g/mol. The molecule has 1 aliphatic carbocycles. The van der Waals surface area contributed by atoms with Crippen LogP contribution in [-0.4, -0.2) is 12.0 Å². The van der Waals surface area contributed by atoms with E-state index in [0.29, 0.717) is 0 Å². The fraction of sp³-hybridized carbons (Fsp3) is 0.400. The Bertz CT molecular complexity index is 603. The van der Waals surface area contributed by atoms with Crippen molar-refractivity contribution in [3.63, 3.8) is 0 Å². The van der Waals surface area contributed by atoms with E-state index in [0.717, 1.165) is 26.5 Å². The quantitative estimate of drug-likeness (QED) is 0.842. The van der Waals surface area contributed by atoms with Crippen molar-refractivity contribution in [2.45, 2.75) is 31.7 Å². The highest BCUT2D eigenvalue weighted by molar-refractivity contribution is 9.10. The topological polar surface area (TPSA) is 24.9 Å². The predicted octanol–water partition coefficient (Wildman–Crippen LogP) is 4.75. The minimum atomic E-state index is 0.0960. The van der Waals surface area contributed by atoms with E-state index in [9.17, 15) is 0 Å². The van der Waals surface area contributed by atoms with Crippen LogP contribution < -0.4 is 5.32 Å². The maximum atomic E-state index is 6.14. The Hall–Kier alpha value is -0.420. The number of hydrogen-bond acceptors (Lipinski definition) is 3. The molecule has 0 saturated heterocycles. The van der Waals surface area contributed by atoms with Crippen molar-refractivity contribution in [1.29, 1.82) is 0 Å². The van der Waals surface area contributed by atoms with E-state index in [2.05, 4.69) is 21.2 Å². The Morgan fingerprint density at radius 1 is 1.35 bits per heavy atom. The van der Waals surface area contributed by atoms with Crippen LogP contribution in [0.25, 0.3) is 0 Å². The SMILES string of the molecule is CNC(c1nc2c(s1)CCCC2)c1cc(Cl)ccc1Br. The van der Waals surface area contributed by atoms with Crippen LogP contribution in [0.1, 0.15) is 40.0 Å². The third-order valence-corrected chi connectivity index (χ3v) is 5.85. The van der Waals surface area contributed by atoms with Crippen molar-refractivity contribution in [1.82, 2.24) is 10.3 Å². The van der Waals surface area contributed by atoms with Gasteiger partial charge in [-0.2, -0.15) is 0 Å². The molecule has 1 heterocycles. The second-order valence-corrected chi connectivity index (χ2v) is 7.42. The van der Waals surface area contributed by atoms with Crippen LogP contribution in [0.5, 0.6) is 0 Å². The van der Waals surface area contributed by atoms with Gasteiger partial charge >= 0.3 is 0 Å². The maximum absolute atomic E-state index is 6.14. The Morgan fingerprint density at radius 3 is 2.90 bits per heavy atom. The van der Waals surface area contributed by atoms with E-state index in [1.54, 1.807) is 0 Å². The predicted molar refractivity (Wildman–Crippen MR) is 88.8 cm³/mol. The molecule has 1 aromatic heterocycles. The van der Waals surface area contributed by atoms with Crippen molar-refractivity contribution in [2.75, 3.05) is 7.05 Å². The number of nitrogens with one attached hydrogen (secondary N) is 1. The third kappa shape index (κ3) is 2.80. The molecule has 3 rings (SSSR count). The van der Waals surface area contributed by atoms with Crippen molar-refractivity contribution < 1.29 is 0 Å². The van der Waals surface area contributed by atoms with Crippen LogP contribution in [0.4, 0.5) is 0 Å². The number of rotatable bonds is 3. The standard InChI is InChI=1S/C15H16BrClN2S/c1-18-14(10-8-9(17)6-7-11(10)16)15-19-12-4-2-3-5-13(12)20-15/h6-8,14,18H,2-5H2,1H3. The molecule has 1 atom stereocenters. The molecular formula is C15H16BrClN2S. The average Bonchev–Trinajstić information content (AvgIpc) is 2.87. The Balaban J connectivity index is 2.01. The largest absolute Gasteiger partial charge is 0.307 e. The summed E-state index contributed by atoms with van der Waals surface area (Å²) < 4.78 is 1.06. The monoisotopic (exact) mass is 370 g/mol. The molecule has 1 unspecified atom stereocenters. The van der Waals surface area contributed by atoms with Gasteiger partial charge < -0.3 is 5.32 Å². The lowest BCUT2D eigenvalue weighted by molar-refractivity contribution is 0.660. The summed E-state index contributed by atoms with van der Waals surface area (Å²) in [7, 11) is 1.97. The summed E-state index contributed by atoms with van der Waals surface area (Å²) in [6, 6.07) is 6.00. The first-order valence-corrected chi connectivity index (χ1v) is 8.78. The molecule has 0 aliphatic heterocycles. The number of fused-ring (bicyclic) bond motifs is 1. The first kappa shape index (κ1) is 14.5. The number of aromatic nitrogens is 1.